The monoisotopic (exact) mass is 429 g/mol. The van der Waals surface area contributed by atoms with Crippen LogP contribution in [0.5, 0.6) is 0 Å². The molecule has 0 fully saturated rings. The van der Waals surface area contributed by atoms with Crippen LogP contribution in [0.2, 0.25) is 10.0 Å². The highest BCUT2D eigenvalue weighted by Gasteiger charge is 2.34. The van der Waals surface area contributed by atoms with E-state index in [2.05, 4.69) is 0 Å². The highest BCUT2D eigenvalue weighted by atomic mass is 35.5. The molecule has 1 aromatic heterocycles. The fourth-order valence-corrected chi connectivity index (χ4v) is 3.35. The van der Waals surface area contributed by atoms with E-state index >= 15 is 0 Å². The van der Waals surface area contributed by atoms with Gasteiger partial charge in [0.15, 0.2) is 0 Å². The van der Waals surface area contributed by atoms with Crippen LogP contribution in [0.25, 0.3) is 10.9 Å². The quantitative estimate of drug-likeness (QED) is 0.375. The number of alkyl halides is 3. The number of fused-ring (bicyclic) bond motifs is 1. The van der Waals surface area contributed by atoms with Crippen LogP contribution in [0.1, 0.15) is 21.5 Å². The minimum atomic E-state index is -4.71. The van der Waals surface area contributed by atoms with Crippen molar-refractivity contribution in [3.8, 4) is 0 Å². The van der Waals surface area contributed by atoms with Crippen molar-refractivity contribution in [3.63, 3.8) is 0 Å². The number of para-hydroxylation sites is 1. The lowest BCUT2D eigenvalue weighted by Crippen LogP contribution is -2.34. The van der Waals surface area contributed by atoms with Crippen molar-refractivity contribution in [1.82, 2.24) is 9.99 Å². The Morgan fingerprint density at radius 2 is 1.89 bits per heavy atom. The van der Waals surface area contributed by atoms with Crippen LogP contribution in [0, 0.1) is 0 Å². The molecule has 0 aliphatic rings. The van der Waals surface area contributed by atoms with Crippen LogP contribution in [-0.2, 0) is 12.7 Å². The Morgan fingerprint density at radius 3 is 2.50 bits per heavy atom. The van der Waals surface area contributed by atoms with Gasteiger partial charge in [0, 0.05) is 28.2 Å². The number of hydrazine groups is 1. The summed E-state index contributed by atoms with van der Waals surface area (Å²) < 4.78 is 41.9. The van der Waals surface area contributed by atoms with Gasteiger partial charge in [-0.1, -0.05) is 35.3 Å². The van der Waals surface area contributed by atoms with E-state index in [0.717, 1.165) is 22.9 Å². The van der Waals surface area contributed by atoms with Crippen molar-refractivity contribution in [2.45, 2.75) is 12.7 Å². The molecule has 0 saturated heterocycles. The van der Waals surface area contributed by atoms with E-state index in [0.29, 0.717) is 10.6 Å². The first-order valence-electron chi connectivity index (χ1n) is 7.81. The Morgan fingerprint density at radius 1 is 1.18 bits per heavy atom. The Hall–Kier alpha value is -2.55. The number of nitrogen functional groups attached to an aromatic ring is 1. The summed E-state index contributed by atoms with van der Waals surface area (Å²) in [6.45, 7) is -0.134. The van der Waals surface area contributed by atoms with Crippen LogP contribution in [0.3, 0.4) is 0 Å². The number of amides is 1. The van der Waals surface area contributed by atoms with Gasteiger partial charge in [0.25, 0.3) is 5.91 Å². The number of nitrogens with two attached hydrogens (primary N) is 1. The summed E-state index contributed by atoms with van der Waals surface area (Å²) in [5.74, 6) is 4.18. The third-order valence-corrected chi connectivity index (χ3v) is 4.72. The average Bonchev–Trinajstić information content (AvgIpc) is 2.64. The molecule has 1 heterocycles. The van der Waals surface area contributed by atoms with Gasteiger partial charge in [0.2, 0.25) is 5.43 Å². The van der Waals surface area contributed by atoms with Gasteiger partial charge in [0.05, 0.1) is 11.1 Å². The number of nitrogens with one attached hydrogen (secondary N) is 1. The molecular weight excluding hydrogens is 418 g/mol. The van der Waals surface area contributed by atoms with Crippen LogP contribution >= 0.6 is 23.2 Å². The molecule has 28 heavy (non-hydrogen) atoms. The van der Waals surface area contributed by atoms with E-state index in [9.17, 15) is 22.8 Å². The number of aromatic nitrogens is 1. The van der Waals surface area contributed by atoms with Crippen molar-refractivity contribution < 1.29 is 18.0 Å². The second-order valence-corrected chi connectivity index (χ2v) is 6.75. The van der Waals surface area contributed by atoms with Crippen LogP contribution < -0.4 is 16.7 Å². The molecule has 0 unspecified atom stereocenters. The van der Waals surface area contributed by atoms with E-state index in [-0.39, 0.29) is 28.0 Å². The summed E-state index contributed by atoms with van der Waals surface area (Å²) in [6, 6.07) is 7.72. The molecule has 146 valence electrons. The maximum Gasteiger partial charge on any atom is 0.418 e. The van der Waals surface area contributed by atoms with Crippen molar-refractivity contribution in [1.29, 1.82) is 0 Å². The normalized spacial score (nSPS) is 11.6. The molecule has 3 aromatic rings. The standard InChI is InChI=1S/C18H12Cl2F3N3O2/c19-10-5-4-9(14(20)6-10)7-26-8-12(17(28)25-24)16(27)11-2-1-3-13(15(11)26)18(21,22)23/h1-6,8H,7,24H2,(H,25,28). The van der Waals surface area contributed by atoms with E-state index in [1.54, 1.807) is 6.07 Å². The molecule has 3 rings (SSSR count). The zero-order chi connectivity index (χ0) is 20.6. The largest absolute Gasteiger partial charge is 0.418 e. The molecule has 0 radical (unpaired) electrons. The summed E-state index contributed by atoms with van der Waals surface area (Å²) in [4.78, 5) is 24.5. The van der Waals surface area contributed by atoms with E-state index in [1.165, 1.54) is 18.2 Å². The van der Waals surface area contributed by atoms with Crippen LogP contribution in [0.4, 0.5) is 13.2 Å². The molecule has 5 nitrogen and oxygen atoms in total. The van der Waals surface area contributed by atoms with Crippen LogP contribution in [-0.4, -0.2) is 10.5 Å². The topological polar surface area (TPSA) is 77.1 Å². The molecule has 3 N–H and O–H groups in total. The summed E-state index contributed by atoms with van der Waals surface area (Å²) in [5.41, 5.74) is -0.343. The number of nitrogens with zero attached hydrogens (tertiary/aromatic N) is 1. The van der Waals surface area contributed by atoms with Gasteiger partial charge in [-0.2, -0.15) is 13.2 Å². The first kappa shape index (κ1) is 20.2. The molecule has 2 aromatic carbocycles. The predicted molar refractivity (Wildman–Crippen MR) is 100 cm³/mol. The number of hydrogen-bond acceptors (Lipinski definition) is 3. The maximum absolute atomic E-state index is 13.6. The van der Waals surface area contributed by atoms with E-state index in [1.807, 2.05) is 5.43 Å². The van der Waals surface area contributed by atoms with Crippen molar-refractivity contribution in [2.24, 2.45) is 5.84 Å². The van der Waals surface area contributed by atoms with Crippen molar-refractivity contribution >= 4 is 40.0 Å². The maximum atomic E-state index is 13.6. The molecule has 0 spiro atoms. The number of carbonyl (C=O) groups excluding carboxylic acids is 1. The number of benzene rings is 2. The van der Waals surface area contributed by atoms with Gasteiger partial charge in [-0.15, -0.1) is 0 Å². The fourth-order valence-electron chi connectivity index (χ4n) is 2.89. The third kappa shape index (κ3) is 3.71. The minimum absolute atomic E-state index is 0.134. The Kier molecular flexibility index (Phi) is 5.38. The van der Waals surface area contributed by atoms with Crippen molar-refractivity contribution in [3.05, 3.63) is 79.6 Å². The average molecular weight is 430 g/mol. The first-order valence-corrected chi connectivity index (χ1v) is 8.57. The lowest BCUT2D eigenvalue weighted by atomic mass is 10.1. The van der Waals surface area contributed by atoms with Gasteiger partial charge in [0.1, 0.15) is 5.56 Å². The fraction of sp³-hybridized carbons (Fsp3) is 0.111. The van der Waals surface area contributed by atoms with E-state index < -0.39 is 23.1 Å². The van der Waals surface area contributed by atoms with Crippen LogP contribution in [0.15, 0.2) is 47.4 Å². The van der Waals surface area contributed by atoms with Gasteiger partial charge in [-0.3, -0.25) is 15.0 Å². The first-order chi connectivity index (χ1) is 13.1. The number of carbonyl (C=O) groups is 1. The summed E-state index contributed by atoms with van der Waals surface area (Å²) in [6.07, 6.45) is -3.68. The number of hydrogen-bond donors (Lipinski definition) is 2. The van der Waals surface area contributed by atoms with Gasteiger partial charge >= 0.3 is 6.18 Å². The Labute approximate surface area is 166 Å². The molecule has 0 saturated carbocycles. The second-order valence-electron chi connectivity index (χ2n) is 5.91. The smallest absolute Gasteiger partial charge is 0.341 e. The van der Waals surface area contributed by atoms with E-state index in [4.69, 9.17) is 29.0 Å². The highest BCUT2D eigenvalue weighted by Crippen LogP contribution is 2.34. The molecule has 10 heteroatoms. The second kappa shape index (κ2) is 7.46. The summed E-state index contributed by atoms with van der Waals surface area (Å²) >= 11 is 12.0. The Bertz CT molecular complexity index is 1140. The molecule has 1 amide bonds. The van der Waals surface area contributed by atoms with Gasteiger partial charge < -0.3 is 4.57 Å². The zero-order valence-electron chi connectivity index (χ0n) is 14.0. The minimum Gasteiger partial charge on any atom is -0.341 e. The Balaban J connectivity index is 2.36. The van der Waals surface area contributed by atoms with Gasteiger partial charge in [-0.05, 0) is 29.8 Å². The lowest BCUT2D eigenvalue weighted by Gasteiger charge is -2.18. The zero-order valence-corrected chi connectivity index (χ0v) is 15.5. The molecule has 0 aliphatic heterocycles. The lowest BCUT2D eigenvalue weighted by molar-refractivity contribution is -0.136. The SMILES string of the molecule is NNC(=O)c1cn(Cc2ccc(Cl)cc2Cl)c2c(C(F)(F)F)cccc2c1=O. The summed E-state index contributed by atoms with van der Waals surface area (Å²) in [7, 11) is 0. The summed E-state index contributed by atoms with van der Waals surface area (Å²) in [5, 5.41) is 0.326. The molecule has 0 aliphatic carbocycles. The predicted octanol–water partition coefficient (Wildman–Crippen LogP) is 3.98. The molecule has 0 bridgehead atoms. The number of rotatable bonds is 3. The van der Waals surface area contributed by atoms with Crippen molar-refractivity contribution in [2.75, 3.05) is 0 Å². The molecular formula is C18H12Cl2F3N3O2. The molecule has 0 atom stereocenters. The third-order valence-electron chi connectivity index (χ3n) is 4.13. The van der Waals surface area contributed by atoms with Gasteiger partial charge in [-0.25, -0.2) is 5.84 Å². The highest BCUT2D eigenvalue weighted by molar-refractivity contribution is 6.35. The number of pyridine rings is 1. The number of halogens is 5.